The molecule has 1 N–H and O–H groups in total. The summed E-state index contributed by atoms with van der Waals surface area (Å²) in [4.78, 5) is 14.7. The molecule has 0 spiro atoms. The molecule has 0 aromatic rings. The lowest BCUT2D eigenvalue weighted by Gasteiger charge is -2.20. The SMILES string of the molecule is O=C1[C]=NC2NC=CC=C2C1. The molecule has 3 heteroatoms. The first-order chi connectivity index (χ1) is 5.36. The van der Waals surface area contributed by atoms with E-state index in [9.17, 15) is 4.79 Å². The minimum Gasteiger partial charge on any atom is -0.366 e. The second kappa shape index (κ2) is 2.34. The molecule has 1 atom stereocenters. The number of carbonyl (C=O) groups is 1. The number of carbonyl (C=O) groups excluding carboxylic acids is 1. The predicted molar refractivity (Wildman–Crippen MR) is 41.2 cm³/mol. The van der Waals surface area contributed by atoms with E-state index in [2.05, 4.69) is 16.5 Å². The number of ketones is 1. The molecule has 0 bridgehead atoms. The molecule has 0 aliphatic carbocycles. The molecule has 0 aromatic carbocycles. The quantitative estimate of drug-likeness (QED) is 0.534. The average molecular weight is 147 g/mol. The van der Waals surface area contributed by atoms with E-state index in [4.69, 9.17) is 0 Å². The van der Waals surface area contributed by atoms with Crippen LogP contribution in [0.15, 0.2) is 28.9 Å². The third-order valence-corrected chi connectivity index (χ3v) is 1.69. The molecule has 55 valence electrons. The topological polar surface area (TPSA) is 41.5 Å². The van der Waals surface area contributed by atoms with Crippen molar-refractivity contribution in [1.82, 2.24) is 5.32 Å². The number of hydrogen-bond donors (Lipinski definition) is 1. The predicted octanol–water partition coefficient (Wildman–Crippen LogP) is 0.276. The van der Waals surface area contributed by atoms with Gasteiger partial charge in [0.25, 0.3) is 0 Å². The van der Waals surface area contributed by atoms with E-state index in [1.165, 1.54) is 0 Å². The van der Waals surface area contributed by atoms with Gasteiger partial charge in [-0.2, -0.15) is 0 Å². The molecule has 2 aliphatic rings. The van der Waals surface area contributed by atoms with Crippen molar-refractivity contribution in [2.45, 2.75) is 12.6 Å². The van der Waals surface area contributed by atoms with Crippen LogP contribution in [0.25, 0.3) is 0 Å². The van der Waals surface area contributed by atoms with Gasteiger partial charge in [0.05, 0.1) is 0 Å². The van der Waals surface area contributed by atoms with E-state index in [1.54, 1.807) is 0 Å². The molecule has 0 aromatic heterocycles. The Morgan fingerprint density at radius 3 is 3.55 bits per heavy atom. The fourth-order valence-corrected chi connectivity index (χ4v) is 1.15. The van der Waals surface area contributed by atoms with Crippen LogP contribution in [0.5, 0.6) is 0 Å². The van der Waals surface area contributed by atoms with Gasteiger partial charge < -0.3 is 5.32 Å². The molecular weight excluding hydrogens is 140 g/mol. The van der Waals surface area contributed by atoms with Crippen molar-refractivity contribution in [3.8, 4) is 0 Å². The molecule has 2 heterocycles. The zero-order chi connectivity index (χ0) is 7.68. The van der Waals surface area contributed by atoms with Crippen LogP contribution in [0.3, 0.4) is 0 Å². The van der Waals surface area contributed by atoms with Crippen molar-refractivity contribution >= 4 is 12.0 Å². The summed E-state index contributed by atoms with van der Waals surface area (Å²) in [5.41, 5.74) is 1.02. The van der Waals surface area contributed by atoms with Crippen LogP contribution >= 0.6 is 0 Å². The third-order valence-electron chi connectivity index (χ3n) is 1.69. The number of fused-ring (bicyclic) bond motifs is 1. The largest absolute Gasteiger partial charge is 0.366 e. The Hall–Kier alpha value is -1.38. The summed E-state index contributed by atoms with van der Waals surface area (Å²) < 4.78 is 0. The third kappa shape index (κ3) is 1.09. The van der Waals surface area contributed by atoms with Crippen LogP contribution in [0.4, 0.5) is 0 Å². The fraction of sp³-hybridized carbons (Fsp3) is 0.250. The molecule has 0 saturated heterocycles. The Morgan fingerprint density at radius 1 is 1.73 bits per heavy atom. The zero-order valence-corrected chi connectivity index (χ0v) is 5.87. The lowest BCUT2D eigenvalue weighted by atomic mass is 10.0. The van der Waals surface area contributed by atoms with Gasteiger partial charge in [-0.1, -0.05) is 6.08 Å². The lowest BCUT2D eigenvalue weighted by molar-refractivity contribution is -0.112. The Morgan fingerprint density at radius 2 is 2.64 bits per heavy atom. The highest BCUT2D eigenvalue weighted by atomic mass is 16.1. The Bertz CT molecular complexity index is 276. The second-order valence-corrected chi connectivity index (χ2v) is 2.51. The molecule has 11 heavy (non-hydrogen) atoms. The summed E-state index contributed by atoms with van der Waals surface area (Å²) in [6.07, 6.45) is 8.45. The Kier molecular flexibility index (Phi) is 1.35. The van der Waals surface area contributed by atoms with E-state index in [1.807, 2.05) is 18.4 Å². The van der Waals surface area contributed by atoms with Gasteiger partial charge in [0.2, 0.25) is 0 Å². The Labute approximate surface area is 64.5 Å². The van der Waals surface area contributed by atoms with E-state index in [0.717, 1.165) is 5.57 Å². The molecule has 1 radical (unpaired) electrons. The summed E-state index contributed by atoms with van der Waals surface area (Å²) >= 11 is 0. The van der Waals surface area contributed by atoms with Crippen LogP contribution in [-0.2, 0) is 4.79 Å². The minimum absolute atomic E-state index is 0.0374. The van der Waals surface area contributed by atoms with Gasteiger partial charge in [0.15, 0.2) is 5.78 Å². The van der Waals surface area contributed by atoms with Crippen LogP contribution in [0.1, 0.15) is 6.42 Å². The number of Topliss-reactive ketones (excluding diaryl/α,β-unsaturated/α-hetero) is 1. The summed E-state index contributed by atoms with van der Waals surface area (Å²) in [6, 6.07) is 0. The molecule has 3 nitrogen and oxygen atoms in total. The number of nitrogens with zero attached hydrogens (tertiary/aromatic N) is 1. The van der Waals surface area contributed by atoms with Crippen LogP contribution in [0.2, 0.25) is 0 Å². The maximum Gasteiger partial charge on any atom is 0.187 e. The molecule has 1 unspecified atom stereocenters. The lowest BCUT2D eigenvalue weighted by Crippen LogP contribution is -2.31. The van der Waals surface area contributed by atoms with Crippen molar-refractivity contribution in [3.05, 3.63) is 23.9 Å². The highest BCUT2D eigenvalue weighted by Gasteiger charge is 2.19. The van der Waals surface area contributed by atoms with Crippen molar-refractivity contribution in [1.29, 1.82) is 0 Å². The van der Waals surface area contributed by atoms with Gasteiger partial charge in [-0.25, -0.2) is 0 Å². The summed E-state index contributed by atoms with van der Waals surface area (Å²) in [5, 5.41) is 3.01. The van der Waals surface area contributed by atoms with Gasteiger partial charge in [0, 0.05) is 6.42 Å². The van der Waals surface area contributed by atoms with Gasteiger partial charge >= 0.3 is 0 Å². The molecule has 0 amide bonds. The molecular formula is C8H7N2O. The van der Waals surface area contributed by atoms with Crippen molar-refractivity contribution < 1.29 is 4.79 Å². The van der Waals surface area contributed by atoms with E-state index in [0.29, 0.717) is 6.42 Å². The fourth-order valence-electron chi connectivity index (χ4n) is 1.15. The zero-order valence-electron chi connectivity index (χ0n) is 5.87. The minimum atomic E-state index is -0.0438. The van der Waals surface area contributed by atoms with Crippen LogP contribution < -0.4 is 5.32 Å². The highest BCUT2D eigenvalue weighted by Crippen LogP contribution is 2.15. The van der Waals surface area contributed by atoms with Gasteiger partial charge in [-0.05, 0) is 17.8 Å². The maximum absolute atomic E-state index is 10.8. The Balaban J connectivity index is 2.31. The number of nitrogens with one attached hydrogen (secondary N) is 1. The number of rotatable bonds is 0. The first kappa shape index (κ1) is 6.34. The van der Waals surface area contributed by atoms with Crippen LogP contribution in [0, 0.1) is 0 Å². The van der Waals surface area contributed by atoms with Crippen LogP contribution in [-0.4, -0.2) is 18.2 Å². The van der Waals surface area contributed by atoms with Crippen molar-refractivity contribution in [2.24, 2.45) is 4.99 Å². The summed E-state index contributed by atoms with van der Waals surface area (Å²) in [6.45, 7) is 0. The second-order valence-electron chi connectivity index (χ2n) is 2.51. The van der Waals surface area contributed by atoms with Gasteiger partial charge in [-0.15, -0.1) is 0 Å². The first-order valence-corrected chi connectivity index (χ1v) is 3.46. The average Bonchev–Trinajstić information content (AvgIpc) is 2.04. The molecule has 0 fully saturated rings. The van der Waals surface area contributed by atoms with E-state index in [-0.39, 0.29) is 11.9 Å². The highest BCUT2D eigenvalue weighted by molar-refractivity contribution is 6.29. The first-order valence-electron chi connectivity index (χ1n) is 3.46. The number of allylic oxidation sites excluding steroid dienone is 2. The van der Waals surface area contributed by atoms with E-state index < -0.39 is 0 Å². The number of dihydropyridines is 1. The summed E-state index contributed by atoms with van der Waals surface area (Å²) in [7, 11) is 0. The normalized spacial score (nSPS) is 27.5. The number of aliphatic imine (C=N–C) groups is 1. The van der Waals surface area contributed by atoms with Gasteiger partial charge in [-0.3, -0.25) is 9.79 Å². The number of hydrogen-bond acceptors (Lipinski definition) is 3. The monoisotopic (exact) mass is 147 g/mol. The smallest absolute Gasteiger partial charge is 0.187 e. The van der Waals surface area contributed by atoms with Gasteiger partial charge in [0.1, 0.15) is 12.4 Å². The van der Waals surface area contributed by atoms with Crippen molar-refractivity contribution in [3.63, 3.8) is 0 Å². The summed E-state index contributed by atoms with van der Waals surface area (Å²) in [5.74, 6) is -0.0374. The molecule has 2 rings (SSSR count). The standard InChI is InChI=1S/C8H7N2O/c11-7-4-6-2-1-3-9-8(6)10-5-7/h1-3,8-9H,4H2. The van der Waals surface area contributed by atoms with Crippen molar-refractivity contribution in [2.75, 3.05) is 0 Å². The molecule has 2 aliphatic heterocycles. The van der Waals surface area contributed by atoms with E-state index >= 15 is 0 Å². The molecule has 0 saturated carbocycles. The maximum atomic E-state index is 10.8.